The molecule has 1 unspecified atom stereocenters. The van der Waals surface area contributed by atoms with Crippen LogP contribution in [-0.2, 0) is 10.3 Å². The minimum Gasteiger partial charge on any atom is -0.384 e. The molecule has 0 saturated heterocycles. The van der Waals surface area contributed by atoms with Crippen molar-refractivity contribution in [3.05, 3.63) is 11.7 Å². The molecule has 1 heterocycles. The zero-order chi connectivity index (χ0) is 11.6. The highest BCUT2D eigenvalue weighted by molar-refractivity contribution is 5.07. The van der Waals surface area contributed by atoms with Crippen molar-refractivity contribution in [1.82, 2.24) is 10.1 Å². The van der Waals surface area contributed by atoms with E-state index in [9.17, 15) is 0 Å². The zero-order valence-corrected chi connectivity index (χ0v) is 9.90. The first kappa shape index (κ1) is 11.5. The fourth-order valence-electron chi connectivity index (χ4n) is 2.19. The van der Waals surface area contributed by atoms with Crippen LogP contribution in [0.4, 0.5) is 0 Å². The van der Waals surface area contributed by atoms with Crippen molar-refractivity contribution in [3.63, 3.8) is 0 Å². The first-order valence-corrected chi connectivity index (χ1v) is 5.77. The number of hydrogen-bond donors (Lipinski definition) is 1. The Balaban J connectivity index is 2.12. The highest BCUT2D eigenvalue weighted by Gasteiger charge is 2.36. The lowest BCUT2D eigenvalue weighted by Gasteiger charge is -2.17. The number of nitrogens with two attached hydrogens (primary N) is 1. The largest absolute Gasteiger partial charge is 0.384 e. The van der Waals surface area contributed by atoms with Crippen molar-refractivity contribution in [2.45, 2.75) is 44.1 Å². The van der Waals surface area contributed by atoms with E-state index in [0.717, 1.165) is 25.7 Å². The molecule has 1 aromatic heterocycles. The zero-order valence-electron chi connectivity index (χ0n) is 9.90. The molecule has 2 rings (SSSR count). The second-order valence-corrected chi connectivity index (χ2v) is 4.68. The Morgan fingerprint density at radius 1 is 1.50 bits per heavy atom. The van der Waals surface area contributed by atoms with Crippen molar-refractivity contribution in [2.24, 2.45) is 5.73 Å². The Labute approximate surface area is 95.3 Å². The lowest BCUT2D eigenvalue weighted by atomic mass is 9.98. The van der Waals surface area contributed by atoms with E-state index in [0.29, 0.717) is 18.3 Å². The molecular formula is C11H19N3O2. The highest BCUT2D eigenvalue weighted by Crippen LogP contribution is 2.34. The Hall–Kier alpha value is -0.940. The maximum absolute atomic E-state index is 6.25. The van der Waals surface area contributed by atoms with Gasteiger partial charge in [0.2, 0.25) is 5.89 Å². The summed E-state index contributed by atoms with van der Waals surface area (Å²) in [5.41, 5.74) is 5.89. The first-order valence-electron chi connectivity index (χ1n) is 5.77. The van der Waals surface area contributed by atoms with Crippen LogP contribution in [0, 0.1) is 0 Å². The van der Waals surface area contributed by atoms with Crippen molar-refractivity contribution < 1.29 is 9.26 Å². The Bertz CT molecular complexity index is 345. The van der Waals surface area contributed by atoms with Gasteiger partial charge in [-0.1, -0.05) is 24.9 Å². The number of ether oxygens (including phenoxy) is 1. The summed E-state index contributed by atoms with van der Waals surface area (Å²) in [5.74, 6) is 1.40. The van der Waals surface area contributed by atoms with E-state index in [-0.39, 0.29) is 11.5 Å². The molecule has 1 saturated carbocycles. The molecule has 90 valence electrons. The van der Waals surface area contributed by atoms with Gasteiger partial charge in [0.1, 0.15) is 0 Å². The number of hydrogen-bond acceptors (Lipinski definition) is 5. The molecule has 16 heavy (non-hydrogen) atoms. The van der Waals surface area contributed by atoms with Crippen LogP contribution in [0.25, 0.3) is 0 Å². The normalized spacial score (nSPS) is 21.2. The minimum absolute atomic E-state index is 0.122. The molecule has 0 bridgehead atoms. The van der Waals surface area contributed by atoms with Gasteiger partial charge in [-0.15, -0.1) is 0 Å². The monoisotopic (exact) mass is 225 g/mol. The summed E-state index contributed by atoms with van der Waals surface area (Å²) < 4.78 is 10.3. The van der Waals surface area contributed by atoms with Crippen LogP contribution in [0.15, 0.2) is 4.52 Å². The molecule has 0 radical (unpaired) electrons. The lowest BCUT2D eigenvalue weighted by molar-refractivity contribution is 0.170. The summed E-state index contributed by atoms with van der Waals surface area (Å²) >= 11 is 0. The molecular weight excluding hydrogens is 206 g/mol. The third-order valence-corrected chi connectivity index (χ3v) is 3.22. The van der Waals surface area contributed by atoms with Crippen LogP contribution in [0.1, 0.15) is 50.2 Å². The fraction of sp³-hybridized carbons (Fsp3) is 0.818. The van der Waals surface area contributed by atoms with E-state index in [4.69, 9.17) is 15.0 Å². The highest BCUT2D eigenvalue weighted by atomic mass is 16.5. The molecule has 5 heteroatoms. The maximum Gasteiger partial charge on any atom is 0.231 e. The Morgan fingerprint density at radius 2 is 2.19 bits per heavy atom. The predicted octanol–water partition coefficient (Wildman–Crippen LogP) is 1.55. The molecule has 1 aliphatic rings. The van der Waals surface area contributed by atoms with Gasteiger partial charge in [0.05, 0.1) is 18.1 Å². The third kappa shape index (κ3) is 2.10. The van der Waals surface area contributed by atoms with Gasteiger partial charge in [-0.2, -0.15) is 4.98 Å². The summed E-state index contributed by atoms with van der Waals surface area (Å²) in [5, 5.41) is 4.01. The molecule has 0 aliphatic heterocycles. The van der Waals surface area contributed by atoms with Crippen LogP contribution >= 0.6 is 0 Å². The van der Waals surface area contributed by atoms with Gasteiger partial charge in [-0.05, 0) is 12.8 Å². The molecule has 0 aromatic carbocycles. The quantitative estimate of drug-likeness (QED) is 0.841. The van der Waals surface area contributed by atoms with Crippen LogP contribution < -0.4 is 5.73 Å². The van der Waals surface area contributed by atoms with E-state index in [1.807, 2.05) is 6.92 Å². The maximum atomic E-state index is 6.25. The van der Waals surface area contributed by atoms with E-state index in [2.05, 4.69) is 10.1 Å². The molecule has 0 spiro atoms. The molecule has 1 fully saturated rings. The number of rotatable bonds is 4. The van der Waals surface area contributed by atoms with Crippen LogP contribution in [-0.4, -0.2) is 23.9 Å². The van der Waals surface area contributed by atoms with Crippen LogP contribution in [0.2, 0.25) is 0 Å². The van der Waals surface area contributed by atoms with Gasteiger partial charge in [-0.25, -0.2) is 0 Å². The SMILES string of the molecule is COCC(C)c1nc(C2(N)CCCC2)no1. The Kier molecular flexibility index (Phi) is 3.25. The van der Waals surface area contributed by atoms with Crippen molar-refractivity contribution in [1.29, 1.82) is 0 Å². The molecule has 0 amide bonds. The second kappa shape index (κ2) is 4.51. The number of aromatic nitrogens is 2. The van der Waals surface area contributed by atoms with Crippen LogP contribution in [0.3, 0.4) is 0 Å². The van der Waals surface area contributed by atoms with Gasteiger partial charge >= 0.3 is 0 Å². The predicted molar refractivity (Wildman–Crippen MR) is 58.9 cm³/mol. The van der Waals surface area contributed by atoms with Crippen molar-refractivity contribution in [3.8, 4) is 0 Å². The van der Waals surface area contributed by atoms with E-state index in [1.54, 1.807) is 7.11 Å². The molecule has 1 aromatic rings. The summed E-state index contributed by atoms with van der Waals surface area (Å²) in [7, 11) is 1.66. The second-order valence-electron chi connectivity index (χ2n) is 4.68. The fourth-order valence-corrected chi connectivity index (χ4v) is 2.19. The van der Waals surface area contributed by atoms with Gasteiger partial charge in [0.25, 0.3) is 0 Å². The minimum atomic E-state index is -0.367. The molecule has 1 aliphatic carbocycles. The summed E-state index contributed by atoms with van der Waals surface area (Å²) in [4.78, 5) is 4.40. The van der Waals surface area contributed by atoms with E-state index < -0.39 is 0 Å². The topological polar surface area (TPSA) is 74.2 Å². The van der Waals surface area contributed by atoms with Gasteiger partial charge < -0.3 is 15.0 Å². The average Bonchev–Trinajstić information content (AvgIpc) is 2.86. The first-order chi connectivity index (χ1) is 7.65. The number of methoxy groups -OCH3 is 1. The summed E-state index contributed by atoms with van der Waals surface area (Å²) in [6.45, 7) is 2.58. The number of nitrogens with zero attached hydrogens (tertiary/aromatic N) is 2. The average molecular weight is 225 g/mol. The Morgan fingerprint density at radius 3 is 2.81 bits per heavy atom. The van der Waals surface area contributed by atoms with Crippen molar-refractivity contribution >= 4 is 0 Å². The van der Waals surface area contributed by atoms with Crippen LogP contribution in [0.5, 0.6) is 0 Å². The standard InChI is InChI=1S/C11H19N3O2/c1-8(7-15-2)9-13-10(14-16-9)11(12)5-3-4-6-11/h8H,3-7,12H2,1-2H3. The van der Waals surface area contributed by atoms with Crippen molar-refractivity contribution in [2.75, 3.05) is 13.7 Å². The van der Waals surface area contributed by atoms with E-state index in [1.165, 1.54) is 0 Å². The molecule has 2 N–H and O–H groups in total. The molecule has 1 atom stereocenters. The van der Waals surface area contributed by atoms with E-state index >= 15 is 0 Å². The van der Waals surface area contributed by atoms with Gasteiger partial charge in [0, 0.05) is 7.11 Å². The lowest BCUT2D eigenvalue weighted by Crippen LogP contribution is -2.34. The third-order valence-electron chi connectivity index (χ3n) is 3.22. The van der Waals surface area contributed by atoms with Gasteiger partial charge in [-0.3, -0.25) is 0 Å². The summed E-state index contributed by atoms with van der Waals surface area (Å²) in [6.07, 6.45) is 4.19. The van der Waals surface area contributed by atoms with Gasteiger partial charge in [0.15, 0.2) is 5.82 Å². The summed E-state index contributed by atoms with van der Waals surface area (Å²) in [6, 6.07) is 0. The molecule has 5 nitrogen and oxygen atoms in total. The smallest absolute Gasteiger partial charge is 0.231 e.